The summed E-state index contributed by atoms with van der Waals surface area (Å²) in [6, 6.07) is 4.42. The predicted octanol–water partition coefficient (Wildman–Crippen LogP) is 3.23. The zero-order valence-electron chi connectivity index (χ0n) is 9.48. The van der Waals surface area contributed by atoms with Crippen molar-refractivity contribution in [2.24, 2.45) is 0 Å². The summed E-state index contributed by atoms with van der Waals surface area (Å²) in [6.45, 7) is 9.75. The van der Waals surface area contributed by atoms with Crippen LogP contribution in [0.1, 0.15) is 37.5 Å². The molecule has 0 amide bonds. The minimum Gasteiger partial charge on any atom is -0.493 e. The van der Waals surface area contributed by atoms with E-state index in [9.17, 15) is 0 Å². The van der Waals surface area contributed by atoms with E-state index in [1.54, 1.807) is 0 Å². The van der Waals surface area contributed by atoms with Gasteiger partial charge in [0.25, 0.3) is 0 Å². The Morgan fingerprint density at radius 1 is 1.21 bits per heavy atom. The van der Waals surface area contributed by atoms with Gasteiger partial charge in [-0.2, -0.15) is 0 Å². The van der Waals surface area contributed by atoms with Crippen LogP contribution in [0.25, 0.3) is 0 Å². The molecule has 1 heteroatoms. The number of ether oxygens (including phenoxy) is 1. The van der Waals surface area contributed by atoms with Gasteiger partial charge in [-0.05, 0) is 23.5 Å². The van der Waals surface area contributed by atoms with Gasteiger partial charge in [-0.25, -0.2) is 0 Å². The number of benzene rings is 1. The fourth-order valence-electron chi connectivity index (χ4n) is 2.15. The largest absolute Gasteiger partial charge is 0.493 e. The molecule has 1 aliphatic heterocycles. The van der Waals surface area contributed by atoms with Crippen LogP contribution < -0.4 is 4.74 Å². The highest BCUT2D eigenvalue weighted by Gasteiger charge is 2.24. The second kappa shape index (κ2) is 3.01. The molecule has 76 valence electrons. The Labute approximate surface area is 86.1 Å². The molecule has 0 radical (unpaired) electrons. The third kappa shape index (κ3) is 1.41. The van der Waals surface area contributed by atoms with Crippen molar-refractivity contribution < 1.29 is 4.74 Å². The van der Waals surface area contributed by atoms with E-state index in [4.69, 9.17) is 4.74 Å². The molecule has 0 saturated heterocycles. The highest BCUT2D eigenvalue weighted by atomic mass is 16.5. The van der Waals surface area contributed by atoms with Gasteiger partial charge in [0.1, 0.15) is 5.75 Å². The van der Waals surface area contributed by atoms with Gasteiger partial charge in [0.05, 0.1) is 6.61 Å². The average molecular weight is 190 g/mol. The van der Waals surface area contributed by atoms with Crippen LogP contribution in [-0.4, -0.2) is 6.61 Å². The SMILES string of the molecule is Cc1ccc(C(C)(C)C)c2c1OCC2. The van der Waals surface area contributed by atoms with E-state index in [2.05, 4.69) is 39.8 Å². The van der Waals surface area contributed by atoms with Gasteiger partial charge in [0.2, 0.25) is 0 Å². The Bertz CT molecular complexity index is 358. The van der Waals surface area contributed by atoms with Gasteiger partial charge in [-0.1, -0.05) is 32.9 Å². The smallest absolute Gasteiger partial charge is 0.125 e. The maximum absolute atomic E-state index is 5.67. The molecule has 0 atom stereocenters. The van der Waals surface area contributed by atoms with Crippen molar-refractivity contribution in [2.75, 3.05) is 6.61 Å². The summed E-state index contributed by atoms with van der Waals surface area (Å²) >= 11 is 0. The summed E-state index contributed by atoms with van der Waals surface area (Å²) in [4.78, 5) is 0. The van der Waals surface area contributed by atoms with Gasteiger partial charge in [0.15, 0.2) is 0 Å². The summed E-state index contributed by atoms with van der Waals surface area (Å²) in [5.41, 5.74) is 4.37. The van der Waals surface area contributed by atoms with Crippen molar-refractivity contribution >= 4 is 0 Å². The van der Waals surface area contributed by atoms with Gasteiger partial charge in [0, 0.05) is 12.0 Å². The Morgan fingerprint density at radius 2 is 1.93 bits per heavy atom. The van der Waals surface area contributed by atoms with Gasteiger partial charge < -0.3 is 4.74 Å². The van der Waals surface area contributed by atoms with E-state index in [-0.39, 0.29) is 5.41 Å². The Balaban J connectivity index is 2.60. The molecule has 0 aromatic heterocycles. The quantitative estimate of drug-likeness (QED) is 0.610. The minimum absolute atomic E-state index is 0.228. The molecule has 0 saturated carbocycles. The number of hydrogen-bond donors (Lipinski definition) is 0. The number of fused-ring (bicyclic) bond motifs is 1. The first kappa shape index (κ1) is 9.57. The predicted molar refractivity (Wildman–Crippen MR) is 59.1 cm³/mol. The zero-order chi connectivity index (χ0) is 10.3. The molecule has 1 nitrogen and oxygen atoms in total. The molecule has 1 heterocycles. The molecule has 0 fully saturated rings. The van der Waals surface area contributed by atoms with Crippen LogP contribution in [0.5, 0.6) is 5.75 Å². The second-order valence-corrected chi connectivity index (χ2v) is 5.09. The molecule has 1 aromatic carbocycles. The molecule has 1 aliphatic rings. The third-order valence-corrected chi connectivity index (χ3v) is 2.86. The van der Waals surface area contributed by atoms with Crippen LogP contribution in [0.15, 0.2) is 12.1 Å². The summed E-state index contributed by atoms with van der Waals surface area (Å²) in [7, 11) is 0. The molecule has 0 aliphatic carbocycles. The van der Waals surface area contributed by atoms with Crippen LogP contribution in [-0.2, 0) is 11.8 Å². The molecule has 2 rings (SSSR count). The average Bonchev–Trinajstić information content (AvgIpc) is 2.50. The first-order chi connectivity index (χ1) is 6.50. The lowest BCUT2D eigenvalue weighted by molar-refractivity contribution is 0.354. The van der Waals surface area contributed by atoms with E-state index in [0.29, 0.717) is 0 Å². The van der Waals surface area contributed by atoms with E-state index in [1.165, 1.54) is 16.7 Å². The second-order valence-electron chi connectivity index (χ2n) is 5.09. The summed E-state index contributed by atoms with van der Waals surface area (Å²) < 4.78 is 5.67. The molecule has 0 unspecified atom stereocenters. The zero-order valence-corrected chi connectivity index (χ0v) is 9.48. The normalized spacial score (nSPS) is 15.1. The Kier molecular flexibility index (Phi) is 2.06. The number of hydrogen-bond acceptors (Lipinski definition) is 1. The minimum atomic E-state index is 0.228. The summed E-state index contributed by atoms with van der Waals surface area (Å²) in [5.74, 6) is 1.14. The van der Waals surface area contributed by atoms with E-state index in [0.717, 1.165) is 18.8 Å². The third-order valence-electron chi connectivity index (χ3n) is 2.86. The van der Waals surface area contributed by atoms with Crippen molar-refractivity contribution in [3.63, 3.8) is 0 Å². The molecular formula is C13H18O. The fourth-order valence-corrected chi connectivity index (χ4v) is 2.15. The number of rotatable bonds is 0. The Morgan fingerprint density at radius 3 is 2.57 bits per heavy atom. The monoisotopic (exact) mass is 190 g/mol. The molecular weight excluding hydrogens is 172 g/mol. The van der Waals surface area contributed by atoms with Crippen molar-refractivity contribution in [3.05, 3.63) is 28.8 Å². The van der Waals surface area contributed by atoms with Crippen LogP contribution in [0, 0.1) is 6.92 Å². The van der Waals surface area contributed by atoms with E-state index >= 15 is 0 Å². The molecule has 14 heavy (non-hydrogen) atoms. The molecule has 0 N–H and O–H groups in total. The highest BCUT2D eigenvalue weighted by molar-refractivity contribution is 5.50. The summed E-state index contributed by atoms with van der Waals surface area (Å²) in [6.07, 6.45) is 1.07. The maximum atomic E-state index is 5.67. The van der Waals surface area contributed by atoms with Crippen LogP contribution in [0.3, 0.4) is 0 Å². The van der Waals surface area contributed by atoms with E-state index in [1.807, 2.05) is 0 Å². The maximum Gasteiger partial charge on any atom is 0.125 e. The van der Waals surface area contributed by atoms with Gasteiger partial charge in [-0.15, -0.1) is 0 Å². The fraction of sp³-hybridized carbons (Fsp3) is 0.538. The van der Waals surface area contributed by atoms with Crippen molar-refractivity contribution in [3.8, 4) is 5.75 Å². The first-order valence-electron chi connectivity index (χ1n) is 5.26. The van der Waals surface area contributed by atoms with Crippen molar-refractivity contribution in [1.29, 1.82) is 0 Å². The van der Waals surface area contributed by atoms with E-state index < -0.39 is 0 Å². The van der Waals surface area contributed by atoms with Crippen LogP contribution in [0.4, 0.5) is 0 Å². The topological polar surface area (TPSA) is 9.23 Å². The van der Waals surface area contributed by atoms with Gasteiger partial charge in [-0.3, -0.25) is 0 Å². The first-order valence-corrected chi connectivity index (χ1v) is 5.26. The van der Waals surface area contributed by atoms with Gasteiger partial charge >= 0.3 is 0 Å². The molecule has 0 spiro atoms. The molecule has 0 bridgehead atoms. The lowest BCUT2D eigenvalue weighted by atomic mass is 9.82. The molecule has 1 aromatic rings. The highest BCUT2D eigenvalue weighted by Crippen LogP contribution is 2.37. The summed E-state index contributed by atoms with van der Waals surface area (Å²) in [5, 5.41) is 0. The van der Waals surface area contributed by atoms with Crippen LogP contribution >= 0.6 is 0 Å². The lowest BCUT2D eigenvalue weighted by Crippen LogP contribution is -2.13. The Hall–Kier alpha value is -0.980. The van der Waals surface area contributed by atoms with Crippen molar-refractivity contribution in [1.82, 2.24) is 0 Å². The lowest BCUT2D eigenvalue weighted by Gasteiger charge is -2.22. The number of aryl methyl sites for hydroxylation is 1. The van der Waals surface area contributed by atoms with Crippen molar-refractivity contribution in [2.45, 2.75) is 39.5 Å². The van der Waals surface area contributed by atoms with Crippen LogP contribution in [0.2, 0.25) is 0 Å². The standard InChI is InChI=1S/C13H18O/c1-9-5-6-11(13(2,3)4)10-7-8-14-12(9)10/h5-6H,7-8H2,1-4H3.